The number of hydrogen-bond acceptors (Lipinski definition) is 4. The lowest BCUT2D eigenvalue weighted by atomic mass is 10.0. The lowest BCUT2D eigenvalue weighted by Gasteiger charge is -2.16. The van der Waals surface area contributed by atoms with E-state index in [4.69, 9.17) is 10.6 Å². The molecule has 1 heterocycles. The van der Waals surface area contributed by atoms with Crippen LogP contribution < -0.4 is 16.0 Å². The van der Waals surface area contributed by atoms with Crippen LogP contribution in [0.2, 0.25) is 0 Å². The third-order valence-corrected chi connectivity index (χ3v) is 4.54. The number of thiophene rings is 1. The Morgan fingerprint density at radius 3 is 2.68 bits per heavy atom. The molecule has 0 amide bonds. The van der Waals surface area contributed by atoms with Crippen molar-refractivity contribution in [1.82, 2.24) is 5.43 Å². The van der Waals surface area contributed by atoms with Crippen LogP contribution in [-0.4, -0.2) is 7.11 Å². The zero-order valence-electron chi connectivity index (χ0n) is 11.3. The van der Waals surface area contributed by atoms with Gasteiger partial charge in [0.25, 0.3) is 0 Å². The molecule has 0 aliphatic rings. The molecular formula is C15H20N2OS. The van der Waals surface area contributed by atoms with Crippen LogP contribution in [0.4, 0.5) is 0 Å². The molecule has 19 heavy (non-hydrogen) atoms. The van der Waals surface area contributed by atoms with Crippen molar-refractivity contribution in [2.75, 3.05) is 7.11 Å². The van der Waals surface area contributed by atoms with Gasteiger partial charge in [0.2, 0.25) is 0 Å². The third kappa shape index (κ3) is 3.35. The first-order valence-corrected chi connectivity index (χ1v) is 7.26. The normalized spacial score (nSPS) is 12.4. The van der Waals surface area contributed by atoms with Gasteiger partial charge in [0.05, 0.1) is 13.2 Å². The van der Waals surface area contributed by atoms with Crippen molar-refractivity contribution in [1.29, 1.82) is 0 Å². The smallest absolute Gasteiger partial charge is 0.122 e. The molecule has 0 fully saturated rings. The van der Waals surface area contributed by atoms with E-state index in [2.05, 4.69) is 30.5 Å². The second kappa shape index (κ2) is 6.70. The highest BCUT2D eigenvalue weighted by molar-refractivity contribution is 7.12. The Morgan fingerprint density at radius 2 is 2.05 bits per heavy atom. The predicted molar refractivity (Wildman–Crippen MR) is 80.5 cm³/mol. The monoisotopic (exact) mass is 276 g/mol. The van der Waals surface area contributed by atoms with E-state index in [9.17, 15) is 0 Å². The fourth-order valence-electron chi connectivity index (χ4n) is 2.10. The van der Waals surface area contributed by atoms with Crippen LogP contribution in [0, 0.1) is 0 Å². The van der Waals surface area contributed by atoms with E-state index in [1.54, 1.807) is 7.11 Å². The van der Waals surface area contributed by atoms with Gasteiger partial charge in [-0.3, -0.25) is 11.3 Å². The number of ether oxygens (including phenoxy) is 1. The second-order valence-corrected chi connectivity index (χ2v) is 5.59. The number of hydrazine groups is 1. The zero-order valence-corrected chi connectivity index (χ0v) is 12.2. The largest absolute Gasteiger partial charge is 0.496 e. The summed E-state index contributed by atoms with van der Waals surface area (Å²) in [6.07, 6.45) is 1.89. The van der Waals surface area contributed by atoms with Crippen LogP contribution >= 0.6 is 11.3 Å². The number of benzene rings is 1. The maximum atomic E-state index is 5.71. The average molecular weight is 276 g/mol. The highest BCUT2D eigenvalue weighted by Gasteiger charge is 2.15. The summed E-state index contributed by atoms with van der Waals surface area (Å²) in [6.45, 7) is 2.17. The molecule has 3 N–H and O–H groups in total. The first-order chi connectivity index (χ1) is 9.28. The standard InChI is InChI=1S/C15H20N2OS/c1-3-12-8-9-15(19-12)13(17-16)10-11-6-4-5-7-14(11)18-2/h4-9,13,17H,3,10,16H2,1-2H3. The van der Waals surface area contributed by atoms with E-state index < -0.39 is 0 Å². The molecule has 0 aliphatic heterocycles. The van der Waals surface area contributed by atoms with Crippen molar-refractivity contribution < 1.29 is 4.74 Å². The Labute approximate surface area is 118 Å². The van der Waals surface area contributed by atoms with Gasteiger partial charge in [-0.15, -0.1) is 11.3 Å². The minimum absolute atomic E-state index is 0.126. The minimum Gasteiger partial charge on any atom is -0.496 e. The maximum absolute atomic E-state index is 5.71. The quantitative estimate of drug-likeness (QED) is 0.629. The molecule has 2 aromatic rings. The highest BCUT2D eigenvalue weighted by Crippen LogP contribution is 2.28. The number of rotatable bonds is 6. The lowest BCUT2D eigenvalue weighted by Crippen LogP contribution is -2.29. The Kier molecular flexibility index (Phi) is 4.96. The Balaban J connectivity index is 2.18. The van der Waals surface area contributed by atoms with Crippen LogP contribution in [0.5, 0.6) is 5.75 Å². The van der Waals surface area contributed by atoms with Gasteiger partial charge >= 0.3 is 0 Å². The molecule has 0 spiro atoms. The van der Waals surface area contributed by atoms with Crippen LogP contribution in [0.15, 0.2) is 36.4 Å². The van der Waals surface area contributed by atoms with Crippen LogP contribution in [0.1, 0.15) is 28.3 Å². The van der Waals surface area contributed by atoms with E-state index in [1.807, 2.05) is 29.5 Å². The summed E-state index contributed by atoms with van der Waals surface area (Å²) in [6, 6.07) is 12.5. The van der Waals surface area contributed by atoms with Crippen molar-refractivity contribution in [2.24, 2.45) is 5.84 Å². The van der Waals surface area contributed by atoms with Crippen LogP contribution in [0.25, 0.3) is 0 Å². The summed E-state index contributed by atoms with van der Waals surface area (Å²) in [7, 11) is 1.70. The summed E-state index contributed by atoms with van der Waals surface area (Å²) in [5, 5.41) is 0. The fourth-order valence-corrected chi connectivity index (χ4v) is 3.12. The number of nitrogens with two attached hydrogens (primary N) is 1. The Morgan fingerprint density at radius 1 is 1.26 bits per heavy atom. The topological polar surface area (TPSA) is 47.3 Å². The Bertz CT molecular complexity index is 524. The number of nitrogens with one attached hydrogen (secondary N) is 1. The zero-order chi connectivity index (χ0) is 13.7. The van der Waals surface area contributed by atoms with Gasteiger partial charge in [0, 0.05) is 9.75 Å². The number of para-hydroxylation sites is 1. The maximum Gasteiger partial charge on any atom is 0.122 e. The summed E-state index contributed by atoms with van der Waals surface area (Å²) >= 11 is 1.81. The van der Waals surface area contributed by atoms with Gasteiger partial charge in [0.15, 0.2) is 0 Å². The third-order valence-electron chi connectivity index (χ3n) is 3.19. The number of methoxy groups -OCH3 is 1. The number of hydrogen-bond donors (Lipinski definition) is 2. The summed E-state index contributed by atoms with van der Waals surface area (Å²) in [5.41, 5.74) is 4.08. The molecule has 1 atom stereocenters. The lowest BCUT2D eigenvalue weighted by molar-refractivity contribution is 0.406. The SMILES string of the molecule is CCc1ccc(C(Cc2ccccc2OC)NN)s1. The van der Waals surface area contributed by atoms with Gasteiger partial charge in [0.1, 0.15) is 5.75 Å². The Hall–Kier alpha value is -1.36. The molecule has 0 radical (unpaired) electrons. The molecule has 1 aromatic carbocycles. The first kappa shape index (κ1) is 14.1. The van der Waals surface area contributed by atoms with Crippen LogP contribution in [0.3, 0.4) is 0 Å². The molecule has 0 aliphatic carbocycles. The molecule has 102 valence electrons. The van der Waals surface area contributed by atoms with Crippen molar-refractivity contribution >= 4 is 11.3 Å². The number of aryl methyl sites for hydroxylation is 1. The molecule has 0 saturated heterocycles. The van der Waals surface area contributed by atoms with E-state index in [-0.39, 0.29) is 6.04 Å². The highest BCUT2D eigenvalue weighted by atomic mass is 32.1. The van der Waals surface area contributed by atoms with E-state index in [1.165, 1.54) is 15.3 Å². The second-order valence-electron chi connectivity index (χ2n) is 4.39. The summed E-state index contributed by atoms with van der Waals surface area (Å²) in [5.74, 6) is 6.62. The van der Waals surface area contributed by atoms with E-state index >= 15 is 0 Å². The minimum atomic E-state index is 0.126. The molecular weight excluding hydrogens is 256 g/mol. The van der Waals surface area contributed by atoms with Crippen LogP contribution in [-0.2, 0) is 12.8 Å². The molecule has 1 unspecified atom stereocenters. The molecule has 0 bridgehead atoms. The van der Waals surface area contributed by atoms with Gasteiger partial charge in [-0.25, -0.2) is 0 Å². The van der Waals surface area contributed by atoms with Crippen molar-refractivity contribution in [3.8, 4) is 5.75 Å². The van der Waals surface area contributed by atoms with Gasteiger partial charge in [-0.05, 0) is 36.6 Å². The van der Waals surface area contributed by atoms with Crippen molar-refractivity contribution in [3.05, 3.63) is 51.7 Å². The van der Waals surface area contributed by atoms with Gasteiger partial charge in [-0.2, -0.15) is 0 Å². The summed E-state index contributed by atoms with van der Waals surface area (Å²) < 4.78 is 5.39. The van der Waals surface area contributed by atoms with Crippen molar-refractivity contribution in [3.63, 3.8) is 0 Å². The fraction of sp³-hybridized carbons (Fsp3) is 0.333. The average Bonchev–Trinajstić information content (AvgIpc) is 2.93. The van der Waals surface area contributed by atoms with Gasteiger partial charge < -0.3 is 4.74 Å². The first-order valence-electron chi connectivity index (χ1n) is 6.45. The van der Waals surface area contributed by atoms with Crippen molar-refractivity contribution in [2.45, 2.75) is 25.8 Å². The van der Waals surface area contributed by atoms with Gasteiger partial charge in [-0.1, -0.05) is 25.1 Å². The van der Waals surface area contributed by atoms with E-state index in [0.29, 0.717) is 0 Å². The molecule has 0 saturated carbocycles. The predicted octanol–water partition coefficient (Wildman–Crippen LogP) is 3.07. The molecule has 3 nitrogen and oxygen atoms in total. The van der Waals surface area contributed by atoms with E-state index in [0.717, 1.165) is 18.6 Å². The molecule has 2 rings (SSSR count). The summed E-state index contributed by atoms with van der Waals surface area (Å²) in [4.78, 5) is 2.65. The molecule has 1 aromatic heterocycles. The molecule has 4 heteroatoms.